The quantitative estimate of drug-likeness (QED) is 0.839. The van der Waals surface area contributed by atoms with Crippen LogP contribution in [0.5, 0.6) is 0 Å². The number of hydrogen-bond acceptors (Lipinski definition) is 3. The van der Waals surface area contributed by atoms with Crippen LogP contribution in [0.15, 0.2) is 48.5 Å². The molecule has 1 aliphatic rings. The van der Waals surface area contributed by atoms with Gasteiger partial charge in [-0.3, -0.25) is 14.5 Å². The summed E-state index contributed by atoms with van der Waals surface area (Å²) in [5.41, 5.74) is 1.30. The highest BCUT2D eigenvalue weighted by molar-refractivity contribution is 6.00. The number of Topliss-reactive ketones (excluding diaryl/α,β-unsaturated/α-hetero) is 1. The standard InChI is InChI=1S/C19H18FN3O3/c1-13(24)14-6-8-15(9-7-14)21-18(25)12-22-10-11-23(19(22)26)17-5-3-2-4-16(17)20/h2-9H,10-12H2,1H3,(H,21,25). The molecule has 26 heavy (non-hydrogen) atoms. The van der Waals surface area contributed by atoms with Crippen LogP contribution in [0.2, 0.25) is 0 Å². The molecule has 1 saturated heterocycles. The first-order valence-corrected chi connectivity index (χ1v) is 8.17. The molecule has 7 heteroatoms. The highest BCUT2D eigenvalue weighted by Crippen LogP contribution is 2.23. The SMILES string of the molecule is CC(=O)c1ccc(NC(=O)CN2CCN(c3ccccc3F)C2=O)cc1. The molecule has 2 aromatic carbocycles. The number of nitrogens with one attached hydrogen (secondary N) is 1. The van der Waals surface area contributed by atoms with E-state index in [2.05, 4.69) is 5.32 Å². The van der Waals surface area contributed by atoms with Crippen molar-refractivity contribution in [2.45, 2.75) is 6.92 Å². The minimum Gasteiger partial charge on any atom is -0.325 e. The molecule has 0 spiro atoms. The largest absolute Gasteiger partial charge is 0.325 e. The van der Waals surface area contributed by atoms with Gasteiger partial charge in [0.25, 0.3) is 0 Å². The molecule has 0 aromatic heterocycles. The van der Waals surface area contributed by atoms with Crippen LogP contribution < -0.4 is 10.2 Å². The van der Waals surface area contributed by atoms with Gasteiger partial charge in [0.05, 0.1) is 5.69 Å². The van der Waals surface area contributed by atoms with Crippen LogP contribution in [-0.2, 0) is 4.79 Å². The van der Waals surface area contributed by atoms with Crippen LogP contribution in [0.1, 0.15) is 17.3 Å². The fourth-order valence-corrected chi connectivity index (χ4v) is 2.79. The third-order valence-electron chi connectivity index (χ3n) is 4.15. The van der Waals surface area contributed by atoms with Crippen molar-refractivity contribution in [1.29, 1.82) is 0 Å². The van der Waals surface area contributed by atoms with E-state index in [1.807, 2.05) is 0 Å². The van der Waals surface area contributed by atoms with Gasteiger partial charge < -0.3 is 10.2 Å². The molecule has 0 unspecified atom stereocenters. The number of carbonyl (C=O) groups is 3. The van der Waals surface area contributed by atoms with Gasteiger partial charge in [-0.2, -0.15) is 0 Å². The monoisotopic (exact) mass is 355 g/mol. The summed E-state index contributed by atoms with van der Waals surface area (Å²) in [4.78, 5) is 38.6. The molecule has 3 rings (SSSR count). The summed E-state index contributed by atoms with van der Waals surface area (Å²) in [5, 5.41) is 2.68. The van der Waals surface area contributed by atoms with Gasteiger partial charge >= 0.3 is 6.03 Å². The molecule has 3 amide bonds. The van der Waals surface area contributed by atoms with Crippen molar-refractivity contribution >= 4 is 29.1 Å². The van der Waals surface area contributed by atoms with Gasteiger partial charge in [0, 0.05) is 24.3 Å². The van der Waals surface area contributed by atoms with Crippen molar-refractivity contribution in [2.24, 2.45) is 0 Å². The first-order chi connectivity index (χ1) is 12.5. The van der Waals surface area contributed by atoms with Gasteiger partial charge in [-0.15, -0.1) is 0 Å². The Kier molecular flexibility index (Phi) is 4.97. The van der Waals surface area contributed by atoms with Crippen LogP contribution in [-0.4, -0.2) is 42.3 Å². The molecule has 6 nitrogen and oxygen atoms in total. The van der Waals surface area contributed by atoms with E-state index in [1.54, 1.807) is 36.4 Å². The summed E-state index contributed by atoms with van der Waals surface area (Å²) in [7, 11) is 0. The van der Waals surface area contributed by atoms with Crippen molar-refractivity contribution in [3.05, 3.63) is 59.9 Å². The highest BCUT2D eigenvalue weighted by Gasteiger charge is 2.32. The van der Waals surface area contributed by atoms with Crippen LogP contribution in [0.25, 0.3) is 0 Å². The summed E-state index contributed by atoms with van der Waals surface area (Å²) in [6.07, 6.45) is 0. The number of rotatable bonds is 5. The van der Waals surface area contributed by atoms with Crippen molar-refractivity contribution < 1.29 is 18.8 Å². The molecular weight excluding hydrogens is 337 g/mol. The number of halogens is 1. The van der Waals surface area contributed by atoms with Gasteiger partial charge in [-0.25, -0.2) is 9.18 Å². The average Bonchev–Trinajstić information content (AvgIpc) is 2.96. The van der Waals surface area contributed by atoms with Gasteiger partial charge in [0.1, 0.15) is 12.4 Å². The number of amides is 3. The lowest BCUT2D eigenvalue weighted by Gasteiger charge is -2.18. The van der Waals surface area contributed by atoms with E-state index in [-0.39, 0.29) is 23.9 Å². The third-order valence-corrected chi connectivity index (χ3v) is 4.15. The number of hydrogen-bond donors (Lipinski definition) is 1. The number of benzene rings is 2. The Labute approximate surface area is 150 Å². The zero-order valence-electron chi connectivity index (χ0n) is 14.2. The maximum absolute atomic E-state index is 13.9. The van der Waals surface area contributed by atoms with Crippen molar-refractivity contribution in [2.75, 3.05) is 29.9 Å². The zero-order chi connectivity index (χ0) is 18.7. The summed E-state index contributed by atoms with van der Waals surface area (Å²) >= 11 is 0. The summed E-state index contributed by atoms with van der Waals surface area (Å²) in [5.74, 6) is -0.888. The molecule has 0 atom stereocenters. The fraction of sp³-hybridized carbons (Fsp3) is 0.211. The first kappa shape index (κ1) is 17.6. The molecule has 0 bridgehead atoms. The van der Waals surface area contributed by atoms with E-state index in [4.69, 9.17) is 0 Å². The normalized spacial score (nSPS) is 13.8. The van der Waals surface area contributed by atoms with Crippen LogP contribution >= 0.6 is 0 Å². The minimum absolute atomic E-state index is 0.0567. The third kappa shape index (κ3) is 3.72. The highest BCUT2D eigenvalue weighted by atomic mass is 19.1. The Hall–Kier alpha value is -3.22. The molecule has 1 heterocycles. The number of para-hydroxylation sites is 1. The second-order valence-electron chi connectivity index (χ2n) is 5.99. The molecule has 2 aromatic rings. The second-order valence-corrected chi connectivity index (χ2v) is 5.99. The molecular formula is C19H18FN3O3. The second kappa shape index (κ2) is 7.35. The van der Waals surface area contributed by atoms with Gasteiger partial charge in [0.2, 0.25) is 5.91 Å². The van der Waals surface area contributed by atoms with Crippen molar-refractivity contribution in [1.82, 2.24) is 4.90 Å². The van der Waals surface area contributed by atoms with E-state index in [1.165, 1.54) is 28.9 Å². The van der Waals surface area contributed by atoms with E-state index >= 15 is 0 Å². The van der Waals surface area contributed by atoms with Crippen LogP contribution in [0.4, 0.5) is 20.6 Å². The smallest absolute Gasteiger partial charge is 0.325 e. The number of nitrogens with zero attached hydrogens (tertiary/aromatic N) is 2. The van der Waals surface area contributed by atoms with E-state index < -0.39 is 11.8 Å². The lowest BCUT2D eigenvalue weighted by Crippen LogP contribution is -2.37. The molecule has 1 N–H and O–H groups in total. The molecule has 0 saturated carbocycles. The Morgan fingerprint density at radius 1 is 1.08 bits per heavy atom. The van der Waals surface area contributed by atoms with E-state index in [0.717, 1.165) is 0 Å². The molecule has 1 aliphatic heterocycles. The topological polar surface area (TPSA) is 69.7 Å². The maximum Gasteiger partial charge on any atom is 0.325 e. The Bertz CT molecular complexity index is 851. The number of ketones is 1. The molecule has 0 aliphatic carbocycles. The predicted molar refractivity (Wildman–Crippen MR) is 95.8 cm³/mol. The fourth-order valence-electron chi connectivity index (χ4n) is 2.79. The lowest BCUT2D eigenvalue weighted by atomic mass is 10.1. The van der Waals surface area contributed by atoms with E-state index in [0.29, 0.717) is 24.3 Å². The van der Waals surface area contributed by atoms with E-state index in [9.17, 15) is 18.8 Å². The molecule has 1 fully saturated rings. The lowest BCUT2D eigenvalue weighted by molar-refractivity contribution is -0.116. The van der Waals surface area contributed by atoms with Crippen molar-refractivity contribution in [3.63, 3.8) is 0 Å². The van der Waals surface area contributed by atoms with Gasteiger partial charge in [-0.05, 0) is 43.3 Å². The molecule has 0 radical (unpaired) electrons. The number of anilines is 2. The minimum atomic E-state index is -0.474. The maximum atomic E-state index is 13.9. The number of carbonyl (C=O) groups excluding carboxylic acids is 3. The predicted octanol–water partition coefficient (Wildman–Crippen LogP) is 2.91. The van der Waals surface area contributed by atoms with Gasteiger partial charge in [-0.1, -0.05) is 12.1 Å². The Morgan fingerprint density at radius 2 is 1.77 bits per heavy atom. The summed E-state index contributed by atoms with van der Waals surface area (Å²) in [6.45, 7) is 2.00. The Morgan fingerprint density at radius 3 is 2.42 bits per heavy atom. The summed E-state index contributed by atoms with van der Waals surface area (Å²) in [6, 6.07) is 12.1. The van der Waals surface area contributed by atoms with Crippen molar-refractivity contribution in [3.8, 4) is 0 Å². The Balaban J connectivity index is 1.61. The van der Waals surface area contributed by atoms with Gasteiger partial charge in [0.15, 0.2) is 5.78 Å². The van der Waals surface area contributed by atoms with Crippen LogP contribution in [0.3, 0.4) is 0 Å². The summed E-state index contributed by atoms with van der Waals surface area (Å²) < 4.78 is 13.9. The average molecular weight is 355 g/mol. The zero-order valence-corrected chi connectivity index (χ0v) is 14.2. The number of urea groups is 1. The first-order valence-electron chi connectivity index (χ1n) is 8.17. The van der Waals surface area contributed by atoms with Crippen LogP contribution in [0, 0.1) is 5.82 Å². The molecule has 134 valence electrons.